The van der Waals surface area contributed by atoms with Crippen LogP contribution in [0.4, 0.5) is 11.7 Å². The van der Waals surface area contributed by atoms with Gasteiger partial charge in [0, 0.05) is 5.69 Å². The number of carboxylic acid groups (broad SMARTS) is 1. The van der Waals surface area contributed by atoms with Crippen molar-refractivity contribution >= 4 is 17.7 Å². The largest absolute Gasteiger partial charge is 0.476 e. The van der Waals surface area contributed by atoms with Crippen molar-refractivity contribution in [1.29, 1.82) is 0 Å². The first kappa shape index (κ1) is 13.1. The van der Waals surface area contributed by atoms with Crippen molar-refractivity contribution in [2.75, 3.05) is 5.32 Å². The Morgan fingerprint density at radius 1 is 1.42 bits per heavy atom. The number of anilines is 2. The van der Waals surface area contributed by atoms with Gasteiger partial charge in [-0.2, -0.15) is 4.98 Å². The second-order valence-corrected chi connectivity index (χ2v) is 4.70. The van der Waals surface area contributed by atoms with Gasteiger partial charge in [-0.3, -0.25) is 0 Å². The Labute approximate surface area is 111 Å². The molecule has 0 fully saturated rings. The zero-order valence-electron chi connectivity index (χ0n) is 11.1. The summed E-state index contributed by atoms with van der Waals surface area (Å²) in [5, 5.41) is 11.8. The third-order valence-electron chi connectivity index (χ3n) is 2.89. The molecule has 1 aromatic heterocycles. The van der Waals surface area contributed by atoms with Gasteiger partial charge in [0.1, 0.15) is 6.26 Å². The molecule has 2 N–H and O–H groups in total. The maximum Gasteiger partial charge on any atom is 0.357 e. The standard InChI is InChI=1S/C14H16N2O3/c1-8(2)10-5-4-9(3)11(6-10)15-14-16-12(7-19-14)13(17)18/h4-8H,1-3H3,(H,15,16)(H,17,18). The second kappa shape index (κ2) is 5.14. The van der Waals surface area contributed by atoms with E-state index in [1.807, 2.05) is 19.1 Å². The summed E-state index contributed by atoms with van der Waals surface area (Å²) in [7, 11) is 0. The highest BCUT2D eigenvalue weighted by atomic mass is 16.4. The molecule has 0 spiro atoms. The molecule has 0 saturated heterocycles. The maximum atomic E-state index is 10.7. The molecule has 100 valence electrons. The molecule has 0 aliphatic rings. The van der Waals surface area contributed by atoms with E-state index in [1.165, 1.54) is 5.56 Å². The van der Waals surface area contributed by atoms with Gasteiger partial charge in [0.15, 0.2) is 5.69 Å². The van der Waals surface area contributed by atoms with E-state index in [4.69, 9.17) is 9.52 Å². The number of aryl methyl sites for hydroxylation is 1. The van der Waals surface area contributed by atoms with Crippen LogP contribution in [0.2, 0.25) is 0 Å². The van der Waals surface area contributed by atoms with Crippen LogP contribution in [0.3, 0.4) is 0 Å². The maximum absolute atomic E-state index is 10.7. The minimum atomic E-state index is -1.11. The Hall–Kier alpha value is -2.30. The van der Waals surface area contributed by atoms with Crippen molar-refractivity contribution < 1.29 is 14.3 Å². The number of carbonyl (C=O) groups is 1. The molecule has 0 atom stereocenters. The van der Waals surface area contributed by atoms with Crippen molar-refractivity contribution in [2.24, 2.45) is 0 Å². The van der Waals surface area contributed by atoms with Gasteiger partial charge in [-0.05, 0) is 30.0 Å². The lowest BCUT2D eigenvalue weighted by atomic mass is 10.0. The average molecular weight is 260 g/mol. The summed E-state index contributed by atoms with van der Waals surface area (Å²) < 4.78 is 5.08. The number of hydrogen-bond donors (Lipinski definition) is 2. The minimum absolute atomic E-state index is 0.111. The smallest absolute Gasteiger partial charge is 0.357 e. The van der Waals surface area contributed by atoms with Crippen LogP contribution in [0, 0.1) is 6.92 Å². The number of aromatic nitrogens is 1. The Balaban J connectivity index is 2.26. The summed E-state index contributed by atoms with van der Waals surface area (Å²) in [6.45, 7) is 6.19. The van der Waals surface area contributed by atoms with Crippen LogP contribution in [0.25, 0.3) is 0 Å². The van der Waals surface area contributed by atoms with Gasteiger partial charge < -0.3 is 14.8 Å². The van der Waals surface area contributed by atoms with E-state index in [9.17, 15) is 4.79 Å². The molecule has 0 aliphatic heterocycles. The quantitative estimate of drug-likeness (QED) is 0.879. The van der Waals surface area contributed by atoms with Crippen molar-refractivity contribution in [3.63, 3.8) is 0 Å². The normalized spacial score (nSPS) is 10.7. The predicted octanol–water partition coefficient (Wildman–Crippen LogP) is 3.55. The molecule has 0 aliphatic carbocycles. The summed E-state index contributed by atoms with van der Waals surface area (Å²) in [4.78, 5) is 14.6. The highest BCUT2D eigenvalue weighted by Gasteiger charge is 2.11. The molecular weight excluding hydrogens is 244 g/mol. The van der Waals surface area contributed by atoms with Crippen LogP contribution in [0.5, 0.6) is 0 Å². The van der Waals surface area contributed by atoms with E-state index in [2.05, 4.69) is 30.2 Å². The van der Waals surface area contributed by atoms with E-state index in [0.29, 0.717) is 5.92 Å². The van der Waals surface area contributed by atoms with Gasteiger partial charge >= 0.3 is 5.97 Å². The Morgan fingerprint density at radius 2 is 2.16 bits per heavy atom. The minimum Gasteiger partial charge on any atom is -0.476 e. The molecule has 1 aromatic carbocycles. The number of rotatable bonds is 4. The molecular formula is C14H16N2O3. The van der Waals surface area contributed by atoms with Crippen molar-refractivity contribution in [1.82, 2.24) is 4.98 Å². The molecule has 5 heteroatoms. The molecule has 2 aromatic rings. The van der Waals surface area contributed by atoms with Crippen LogP contribution in [-0.2, 0) is 0 Å². The first-order valence-corrected chi connectivity index (χ1v) is 6.03. The second-order valence-electron chi connectivity index (χ2n) is 4.70. The number of benzene rings is 1. The molecule has 0 radical (unpaired) electrons. The fourth-order valence-corrected chi connectivity index (χ4v) is 1.68. The van der Waals surface area contributed by atoms with Crippen molar-refractivity contribution in [2.45, 2.75) is 26.7 Å². The molecule has 1 heterocycles. The first-order valence-electron chi connectivity index (χ1n) is 6.03. The molecule has 0 unspecified atom stereocenters. The summed E-state index contributed by atoms with van der Waals surface area (Å²) >= 11 is 0. The number of oxazole rings is 1. The van der Waals surface area contributed by atoms with E-state index < -0.39 is 5.97 Å². The van der Waals surface area contributed by atoms with Crippen molar-refractivity contribution in [3.05, 3.63) is 41.3 Å². The van der Waals surface area contributed by atoms with Crippen LogP contribution >= 0.6 is 0 Å². The summed E-state index contributed by atoms with van der Waals surface area (Å²) in [5.74, 6) is -0.690. The number of hydrogen-bond acceptors (Lipinski definition) is 4. The third-order valence-corrected chi connectivity index (χ3v) is 2.89. The fraction of sp³-hybridized carbons (Fsp3) is 0.286. The van der Waals surface area contributed by atoms with Gasteiger partial charge in [0.05, 0.1) is 0 Å². The lowest BCUT2D eigenvalue weighted by Gasteiger charge is -2.11. The van der Waals surface area contributed by atoms with Crippen LogP contribution in [0.15, 0.2) is 28.9 Å². The van der Waals surface area contributed by atoms with Gasteiger partial charge in [0.2, 0.25) is 0 Å². The third kappa shape index (κ3) is 2.93. The number of carboxylic acids is 1. The number of aromatic carboxylic acids is 1. The Morgan fingerprint density at radius 3 is 2.74 bits per heavy atom. The van der Waals surface area contributed by atoms with E-state index >= 15 is 0 Å². The number of nitrogens with zero attached hydrogens (tertiary/aromatic N) is 1. The van der Waals surface area contributed by atoms with Crippen LogP contribution in [-0.4, -0.2) is 16.1 Å². The summed E-state index contributed by atoms with van der Waals surface area (Å²) in [6.07, 6.45) is 1.12. The first-order chi connectivity index (χ1) is 8.97. The van der Waals surface area contributed by atoms with Gasteiger partial charge in [-0.15, -0.1) is 0 Å². The van der Waals surface area contributed by atoms with Gasteiger partial charge in [-0.25, -0.2) is 4.79 Å². The zero-order valence-corrected chi connectivity index (χ0v) is 11.1. The SMILES string of the molecule is Cc1ccc(C(C)C)cc1Nc1nc(C(=O)O)co1. The molecule has 2 rings (SSSR count). The summed E-state index contributed by atoms with van der Waals surface area (Å²) in [6, 6.07) is 6.29. The van der Waals surface area contributed by atoms with E-state index in [-0.39, 0.29) is 11.7 Å². The lowest BCUT2D eigenvalue weighted by Crippen LogP contribution is -1.99. The topological polar surface area (TPSA) is 75.4 Å². The van der Waals surface area contributed by atoms with Crippen LogP contribution in [0.1, 0.15) is 41.4 Å². The molecule has 0 amide bonds. The Bertz CT molecular complexity index is 602. The van der Waals surface area contributed by atoms with Crippen LogP contribution < -0.4 is 5.32 Å². The highest BCUT2D eigenvalue weighted by Crippen LogP contribution is 2.25. The molecule has 0 bridgehead atoms. The average Bonchev–Trinajstić information content (AvgIpc) is 2.80. The molecule has 19 heavy (non-hydrogen) atoms. The fourth-order valence-electron chi connectivity index (χ4n) is 1.68. The van der Waals surface area contributed by atoms with Gasteiger partial charge in [0.25, 0.3) is 6.01 Å². The predicted molar refractivity (Wildman–Crippen MR) is 72.0 cm³/mol. The Kier molecular flexibility index (Phi) is 3.55. The molecule has 0 saturated carbocycles. The number of nitrogens with one attached hydrogen (secondary N) is 1. The van der Waals surface area contributed by atoms with Gasteiger partial charge in [-0.1, -0.05) is 26.0 Å². The van der Waals surface area contributed by atoms with Crippen molar-refractivity contribution in [3.8, 4) is 0 Å². The molecule has 5 nitrogen and oxygen atoms in total. The lowest BCUT2D eigenvalue weighted by molar-refractivity contribution is 0.0690. The van der Waals surface area contributed by atoms with E-state index in [0.717, 1.165) is 17.5 Å². The highest BCUT2D eigenvalue weighted by molar-refractivity contribution is 5.85. The summed E-state index contributed by atoms with van der Waals surface area (Å²) in [5.41, 5.74) is 2.99. The zero-order chi connectivity index (χ0) is 14.0. The van der Waals surface area contributed by atoms with E-state index in [1.54, 1.807) is 0 Å². The monoisotopic (exact) mass is 260 g/mol.